The molecule has 3 aromatic rings. The maximum Gasteiger partial charge on any atom is 0.346 e. The molecule has 1 aromatic heterocycles. The minimum atomic E-state index is -1.16. The first-order chi connectivity index (χ1) is 14.4. The Morgan fingerprint density at radius 3 is 2.57 bits per heavy atom. The summed E-state index contributed by atoms with van der Waals surface area (Å²) in [5.41, 5.74) is 0.297. The van der Waals surface area contributed by atoms with Gasteiger partial charge in [-0.1, -0.05) is 18.2 Å². The van der Waals surface area contributed by atoms with Crippen LogP contribution in [0.2, 0.25) is 0 Å². The van der Waals surface area contributed by atoms with E-state index in [9.17, 15) is 19.7 Å². The van der Waals surface area contributed by atoms with Gasteiger partial charge in [0.05, 0.1) is 24.7 Å². The number of esters is 1. The average Bonchev–Trinajstić information content (AvgIpc) is 3.17. The fourth-order valence-electron chi connectivity index (χ4n) is 3.06. The van der Waals surface area contributed by atoms with Crippen molar-refractivity contribution in [3.63, 3.8) is 0 Å². The van der Waals surface area contributed by atoms with Gasteiger partial charge in [-0.05, 0) is 19.9 Å². The summed E-state index contributed by atoms with van der Waals surface area (Å²) >= 11 is 0. The van der Waals surface area contributed by atoms with Gasteiger partial charge >= 0.3 is 5.97 Å². The number of H-pyrrole nitrogens is 1. The van der Waals surface area contributed by atoms with Crippen LogP contribution in [0.3, 0.4) is 0 Å². The lowest BCUT2D eigenvalue weighted by Gasteiger charge is -2.14. The van der Waals surface area contributed by atoms with Crippen LogP contribution in [0.5, 0.6) is 11.5 Å². The number of methoxy groups -OCH3 is 1. The van der Waals surface area contributed by atoms with E-state index in [1.807, 2.05) is 12.1 Å². The van der Waals surface area contributed by atoms with Gasteiger partial charge in [0.25, 0.3) is 5.69 Å². The number of nitro groups is 1. The first-order valence-electron chi connectivity index (χ1n) is 9.17. The Hall–Kier alpha value is -3.88. The number of benzene rings is 2. The third-order valence-corrected chi connectivity index (χ3v) is 4.51. The first-order valence-corrected chi connectivity index (χ1v) is 9.17. The number of para-hydroxylation sites is 1. The summed E-state index contributed by atoms with van der Waals surface area (Å²) in [6.07, 6.45) is 0.383. The molecule has 0 saturated carbocycles. The summed E-state index contributed by atoms with van der Waals surface area (Å²) in [5.74, 6) is -1.17. The number of nitro benzene ring substituents is 1. The number of Topliss-reactive ketones (excluding diaryl/α,β-unsaturated/α-hetero) is 1. The zero-order valence-corrected chi connectivity index (χ0v) is 16.6. The van der Waals surface area contributed by atoms with Crippen LogP contribution in [-0.2, 0) is 4.74 Å². The lowest BCUT2D eigenvalue weighted by molar-refractivity contribution is -0.385. The van der Waals surface area contributed by atoms with Crippen LogP contribution in [0, 0.1) is 10.1 Å². The molecule has 1 N–H and O–H groups in total. The smallest absolute Gasteiger partial charge is 0.346 e. The highest BCUT2D eigenvalue weighted by atomic mass is 16.6. The molecule has 0 bridgehead atoms. The summed E-state index contributed by atoms with van der Waals surface area (Å²) in [7, 11) is 1.35. The topological polar surface area (TPSA) is 121 Å². The molecule has 1 atom stereocenters. The van der Waals surface area contributed by atoms with E-state index in [0.29, 0.717) is 10.9 Å². The fraction of sp³-hybridized carbons (Fsp3) is 0.238. The molecular weight excluding hydrogens is 392 g/mol. The summed E-state index contributed by atoms with van der Waals surface area (Å²) < 4.78 is 15.7. The predicted molar refractivity (Wildman–Crippen MR) is 108 cm³/mol. The van der Waals surface area contributed by atoms with Crippen LogP contribution < -0.4 is 9.47 Å². The second-order valence-corrected chi connectivity index (χ2v) is 6.37. The third kappa shape index (κ3) is 3.95. The highest BCUT2D eigenvalue weighted by Crippen LogP contribution is 2.35. The number of carbonyl (C=O) groups excluding carboxylic acids is 2. The number of aromatic amines is 1. The highest BCUT2D eigenvalue weighted by molar-refractivity contribution is 6.10. The van der Waals surface area contributed by atoms with Crippen molar-refractivity contribution < 1.29 is 28.7 Å². The minimum Gasteiger partial charge on any atom is -0.493 e. The molecule has 0 radical (unpaired) electrons. The Bertz CT molecular complexity index is 1120. The van der Waals surface area contributed by atoms with Gasteiger partial charge in [0.1, 0.15) is 5.56 Å². The van der Waals surface area contributed by atoms with Gasteiger partial charge in [0.15, 0.2) is 17.6 Å². The molecule has 1 heterocycles. The van der Waals surface area contributed by atoms with Crippen molar-refractivity contribution in [3.8, 4) is 11.5 Å². The zero-order valence-electron chi connectivity index (χ0n) is 16.6. The average molecular weight is 412 g/mol. The Morgan fingerprint density at radius 1 is 1.17 bits per heavy atom. The molecule has 9 heteroatoms. The summed E-state index contributed by atoms with van der Waals surface area (Å²) in [5, 5.41) is 12.2. The Morgan fingerprint density at radius 2 is 1.90 bits per heavy atom. The minimum absolute atomic E-state index is 0.131. The Kier molecular flexibility index (Phi) is 6.01. The molecule has 0 aliphatic carbocycles. The Balaban J connectivity index is 1.89. The molecule has 0 fully saturated rings. The van der Waals surface area contributed by atoms with E-state index >= 15 is 0 Å². The Labute approximate surface area is 171 Å². The van der Waals surface area contributed by atoms with Gasteiger partial charge in [0, 0.05) is 28.7 Å². The highest BCUT2D eigenvalue weighted by Gasteiger charge is 2.29. The number of hydrogen-bond donors (Lipinski definition) is 1. The van der Waals surface area contributed by atoms with Crippen molar-refractivity contribution in [2.45, 2.75) is 20.0 Å². The molecule has 0 aliphatic heterocycles. The van der Waals surface area contributed by atoms with Crippen LogP contribution in [0.4, 0.5) is 5.69 Å². The monoisotopic (exact) mass is 412 g/mol. The van der Waals surface area contributed by atoms with Crippen LogP contribution in [-0.4, -0.2) is 41.5 Å². The van der Waals surface area contributed by atoms with Crippen molar-refractivity contribution >= 4 is 28.3 Å². The molecule has 156 valence electrons. The van der Waals surface area contributed by atoms with Crippen molar-refractivity contribution in [1.29, 1.82) is 0 Å². The van der Waals surface area contributed by atoms with E-state index in [1.54, 1.807) is 25.3 Å². The quantitative estimate of drug-likeness (QED) is 0.258. The van der Waals surface area contributed by atoms with Crippen LogP contribution in [0.1, 0.15) is 34.6 Å². The van der Waals surface area contributed by atoms with E-state index in [0.717, 1.165) is 11.6 Å². The molecular formula is C21H20N2O7. The van der Waals surface area contributed by atoms with E-state index in [2.05, 4.69) is 4.98 Å². The molecule has 3 rings (SSSR count). The molecule has 0 aliphatic rings. The van der Waals surface area contributed by atoms with E-state index in [-0.39, 0.29) is 23.7 Å². The van der Waals surface area contributed by atoms with Crippen LogP contribution in [0.15, 0.2) is 42.6 Å². The first kappa shape index (κ1) is 20.8. The van der Waals surface area contributed by atoms with Gasteiger partial charge in [-0.25, -0.2) is 4.79 Å². The van der Waals surface area contributed by atoms with Gasteiger partial charge in [-0.2, -0.15) is 0 Å². The number of rotatable bonds is 8. The molecule has 9 nitrogen and oxygen atoms in total. The maximum atomic E-state index is 12.8. The van der Waals surface area contributed by atoms with Gasteiger partial charge in [-0.3, -0.25) is 14.9 Å². The van der Waals surface area contributed by atoms with Crippen molar-refractivity contribution in [2.24, 2.45) is 0 Å². The number of hydrogen-bond acceptors (Lipinski definition) is 7. The molecule has 0 saturated heterocycles. The molecule has 0 unspecified atom stereocenters. The predicted octanol–water partition coefficient (Wildman–Crippen LogP) is 3.91. The number of ketones is 1. The summed E-state index contributed by atoms with van der Waals surface area (Å²) in [4.78, 5) is 39.2. The number of fused-ring (bicyclic) bond motifs is 1. The van der Waals surface area contributed by atoms with Crippen LogP contribution in [0.25, 0.3) is 10.9 Å². The summed E-state index contributed by atoms with van der Waals surface area (Å²) in [6.45, 7) is 3.39. The molecule has 30 heavy (non-hydrogen) atoms. The van der Waals surface area contributed by atoms with E-state index in [4.69, 9.17) is 14.2 Å². The van der Waals surface area contributed by atoms with Crippen molar-refractivity contribution in [3.05, 3.63) is 63.8 Å². The third-order valence-electron chi connectivity index (χ3n) is 4.51. The lowest BCUT2D eigenvalue weighted by atomic mass is 10.1. The summed E-state index contributed by atoms with van der Waals surface area (Å²) in [6, 6.07) is 9.49. The van der Waals surface area contributed by atoms with Gasteiger partial charge < -0.3 is 19.2 Å². The van der Waals surface area contributed by atoms with Gasteiger partial charge in [0.2, 0.25) is 5.78 Å². The number of carbonyl (C=O) groups is 2. The number of nitrogens with one attached hydrogen (secondary N) is 1. The maximum absolute atomic E-state index is 12.8. The molecule has 0 spiro atoms. The number of aromatic nitrogens is 1. The zero-order chi connectivity index (χ0) is 21.8. The fourth-order valence-corrected chi connectivity index (χ4v) is 3.06. The normalized spacial score (nSPS) is 11.7. The van der Waals surface area contributed by atoms with Crippen molar-refractivity contribution in [1.82, 2.24) is 4.98 Å². The lowest BCUT2D eigenvalue weighted by Crippen LogP contribution is -2.24. The van der Waals surface area contributed by atoms with E-state index in [1.165, 1.54) is 20.1 Å². The second-order valence-electron chi connectivity index (χ2n) is 6.37. The largest absolute Gasteiger partial charge is 0.493 e. The SMILES string of the molecule is CCOc1cc([N+](=O)[O-])c(C(=O)O[C@@H](C)C(=O)c2c[nH]c3ccccc23)cc1OC. The second kappa shape index (κ2) is 8.64. The molecule has 0 amide bonds. The van der Waals surface area contributed by atoms with Gasteiger partial charge in [-0.15, -0.1) is 0 Å². The standard InChI is InChI=1S/C21H20N2O7/c1-4-29-19-10-17(23(26)27)14(9-18(19)28-3)21(25)30-12(2)20(24)15-11-22-16-8-6-5-7-13(15)16/h5-12,22H,4H2,1-3H3/t12-/m0/s1. The van der Waals surface area contributed by atoms with Crippen LogP contribution >= 0.6 is 0 Å². The number of ether oxygens (including phenoxy) is 3. The number of nitrogens with zero attached hydrogens (tertiary/aromatic N) is 1. The molecule has 2 aromatic carbocycles. The van der Waals surface area contributed by atoms with Crippen molar-refractivity contribution in [2.75, 3.05) is 13.7 Å². The van der Waals surface area contributed by atoms with E-state index < -0.39 is 28.5 Å².